The van der Waals surface area contributed by atoms with Crippen LogP contribution in [0.5, 0.6) is 0 Å². The molecule has 4 rings (SSSR count). The molecule has 0 fully saturated rings. The number of esters is 1. The molecule has 1 heterocycles. The molecule has 0 bridgehead atoms. The summed E-state index contributed by atoms with van der Waals surface area (Å²) < 4.78 is 8.24. The van der Waals surface area contributed by atoms with Gasteiger partial charge in [-0.05, 0) is 42.0 Å². The van der Waals surface area contributed by atoms with Crippen molar-refractivity contribution in [2.45, 2.75) is 13.2 Å². The predicted molar refractivity (Wildman–Crippen MR) is 110 cm³/mol. The van der Waals surface area contributed by atoms with Crippen LogP contribution in [0.3, 0.4) is 0 Å². The van der Waals surface area contributed by atoms with Crippen molar-refractivity contribution in [3.05, 3.63) is 93.1 Å². The average Bonchev–Trinajstić information content (AvgIpc) is 2.70. The molecule has 0 amide bonds. The topological polar surface area (TPSA) is 48.3 Å². The minimum atomic E-state index is -0.353. The van der Waals surface area contributed by atoms with Crippen LogP contribution >= 0.6 is 15.9 Å². The van der Waals surface area contributed by atoms with Gasteiger partial charge in [-0.25, -0.2) is 0 Å². The average molecular weight is 422 g/mol. The molecule has 134 valence electrons. The number of pyridine rings is 1. The van der Waals surface area contributed by atoms with Crippen LogP contribution in [-0.2, 0) is 22.7 Å². The number of para-hydroxylation sites is 2. The van der Waals surface area contributed by atoms with Crippen molar-refractivity contribution in [3.63, 3.8) is 0 Å². The molecule has 4 nitrogen and oxygen atoms in total. The lowest BCUT2D eigenvalue weighted by Crippen LogP contribution is -2.18. The Labute approximate surface area is 164 Å². The SMILES string of the molecule is O=C(Cn1c2ccccc2c(=O)c2ccccc21)OCc1cccc(Br)c1. The molecule has 0 aliphatic heterocycles. The second-order valence-electron chi connectivity index (χ2n) is 6.24. The maximum Gasteiger partial charge on any atom is 0.326 e. The first-order chi connectivity index (χ1) is 13.1. The number of rotatable bonds is 4. The second kappa shape index (κ2) is 7.37. The lowest BCUT2D eigenvalue weighted by molar-refractivity contribution is -0.145. The number of benzene rings is 3. The number of aromatic nitrogens is 1. The van der Waals surface area contributed by atoms with Crippen LogP contribution < -0.4 is 5.43 Å². The van der Waals surface area contributed by atoms with Gasteiger partial charge >= 0.3 is 5.97 Å². The van der Waals surface area contributed by atoms with Crippen molar-refractivity contribution in [1.29, 1.82) is 0 Å². The Balaban J connectivity index is 1.69. The third-order valence-electron chi connectivity index (χ3n) is 4.46. The number of halogens is 1. The van der Waals surface area contributed by atoms with Crippen LogP contribution in [0.1, 0.15) is 5.56 Å². The summed E-state index contributed by atoms with van der Waals surface area (Å²) in [6.45, 7) is 0.240. The second-order valence-corrected chi connectivity index (χ2v) is 7.16. The van der Waals surface area contributed by atoms with E-state index in [2.05, 4.69) is 15.9 Å². The molecule has 3 aromatic carbocycles. The van der Waals surface area contributed by atoms with Gasteiger partial charge in [-0.3, -0.25) is 9.59 Å². The highest BCUT2D eigenvalue weighted by molar-refractivity contribution is 9.10. The summed E-state index contributed by atoms with van der Waals surface area (Å²) in [4.78, 5) is 25.2. The molecule has 0 aliphatic rings. The van der Waals surface area contributed by atoms with Gasteiger partial charge in [0.05, 0.1) is 11.0 Å². The van der Waals surface area contributed by atoms with Gasteiger partial charge in [-0.1, -0.05) is 52.3 Å². The maximum atomic E-state index is 12.7. The molecule has 0 atom stereocenters. The highest BCUT2D eigenvalue weighted by Gasteiger charge is 2.13. The quantitative estimate of drug-likeness (QED) is 0.355. The summed E-state index contributed by atoms with van der Waals surface area (Å²) >= 11 is 3.41. The van der Waals surface area contributed by atoms with Gasteiger partial charge < -0.3 is 9.30 Å². The van der Waals surface area contributed by atoms with E-state index in [1.165, 1.54) is 0 Å². The van der Waals surface area contributed by atoms with Gasteiger partial charge in [0, 0.05) is 15.2 Å². The molecular formula is C22H16BrNO3. The lowest BCUT2D eigenvalue weighted by atomic mass is 10.1. The zero-order valence-corrected chi connectivity index (χ0v) is 16.0. The summed E-state index contributed by atoms with van der Waals surface area (Å²) in [6.07, 6.45) is 0. The third kappa shape index (κ3) is 3.51. The molecule has 0 radical (unpaired) electrons. The normalized spacial score (nSPS) is 11.0. The van der Waals surface area contributed by atoms with Crippen LogP contribution in [0, 0.1) is 0 Å². The van der Waals surface area contributed by atoms with Gasteiger partial charge in [-0.2, -0.15) is 0 Å². The Morgan fingerprint density at radius 2 is 1.52 bits per heavy atom. The molecule has 0 spiro atoms. The Morgan fingerprint density at radius 1 is 0.889 bits per heavy atom. The van der Waals surface area contributed by atoms with E-state index in [9.17, 15) is 9.59 Å². The summed E-state index contributed by atoms with van der Waals surface area (Å²) in [5.74, 6) is -0.353. The maximum absolute atomic E-state index is 12.7. The monoisotopic (exact) mass is 421 g/mol. The Bertz CT molecular complexity index is 1150. The number of fused-ring (bicyclic) bond motifs is 2. The molecule has 4 aromatic rings. The van der Waals surface area contributed by atoms with Crippen molar-refractivity contribution >= 4 is 43.7 Å². The minimum Gasteiger partial charge on any atom is -0.459 e. The van der Waals surface area contributed by atoms with Crippen molar-refractivity contribution < 1.29 is 9.53 Å². The Kier molecular flexibility index (Phi) is 4.77. The van der Waals surface area contributed by atoms with Crippen LogP contribution in [0.4, 0.5) is 0 Å². The third-order valence-corrected chi connectivity index (χ3v) is 4.95. The highest BCUT2D eigenvalue weighted by atomic mass is 79.9. The van der Waals surface area contributed by atoms with Crippen molar-refractivity contribution in [3.8, 4) is 0 Å². The number of hydrogen-bond donors (Lipinski definition) is 0. The Hall–Kier alpha value is -2.92. The van der Waals surface area contributed by atoms with E-state index in [1.54, 1.807) is 12.1 Å². The van der Waals surface area contributed by atoms with Crippen molar-refractivity contribution in [2.24, 2.45) is 0 Å². The zero-order valence-electron chi connectivity index (χ0n) is 14.4. The molecule has 0 saturated carbocycles. The summed E-state index contributed by atoms with van der Waals surface area (Å²) in [7, 11) is 0. The van der Waals surface area contributed by atoms with E-state index in [-0.39, 0.29) is 24.5 Å². The lowest BCUT2D eigenvalue weighted by Gasteiger charge is -2.14. The van der Waals surface area contributed by atoms with Gasteiger partial charge in [0.25, 0.3) is 0 Å². The van der Waals surface area contributed by atoms with E-state index < -0.39 is 0 Å². The first kappa shape index (κ1) is 17.5. The fourth-order valence-electron chi connectivity index (χ4n) is 3.21. The van der Waals surface area contributed by atoms with Crippen LogP contribution in [-0.4, -0.2) is 10.5 Å². The summed E-state index contributed by atoms with van der Waals surface area (Å²) in [5.41, 5.74) is 2.33. The smallest absolute Gasteiger partial charge is 0.326 e. The number of nitrogens with zero attached hydrogens (tertiary/aromatic N) is 1. The number of carbonyl (C=O) groups excluding carboxylic acids is 1. The highest BCUT2D eigenvalue weighted by Crippen LogP contribution is 2.19. The number of ether oxygens (including phenoxy) is 1. The molecule has 0 unspecified atom stereocenters. The van der Waals surface area contributed by atoms with Gasteiger partial charge in [0.2, 0.25) is 0 Å². The molecule has 5 heteroatoms. The summed E-state index contributed by atoms with van der Waals surface area (Å²) in [6, 6.07) is 22.3. The van der Waals surface area contributed by atoms with E-state index in [4.69, 9.17) is 4.74 Å². The summed E-state index contributed by atoms with van der Waals surface area (Å²) in [5, 5.41) is 1.19. The fraction of sp³-hybridized carbons (Fsp3) is 0.0909. The van der Waals surface area contributed by atoms with E-state index >= 15 is 0 Å². The van der Waals surface area contributed by atoms with E-state index in [0.29, 0.717) is 10.8 Å². The number of carbonyl (C=O) groups is 1. The molecular weight excluding hydrogens is 406 g/mol. The van der Waals surface area contributed by atoms with Gasteiger partial charge in [-0.15, -0.1) is 0 Å². The van der Waals surface area contributed by atoms with E-state index in [1.807, 2.05) is 65.2 Å². The van der Waals surface area contributed by atoms with Gasteiger partial charge in [0.1, 0.15) is 13.2 Å². The fourth-order valence-corrected chi connectivity index (χ4v) is 3.66. The molecule has 0 N–H and O–H groups in total. The minimum absolute atomic E-state index is 0.0278. The zero-order chi connectivity index (χ0) is 18.8. The van der Waals surface area contributed by atoms with Gasteiger partial charge in [0.15, 0.2) is 5.43 Å². The Morgan fingerprint density at radius 3 is 2.15 bits per heavy atom. The number of hydrogen-bond acceptors (Lipinski definition) is 3. The molecule has 0 aliphatic carbocycles. The first-order valence-electron chi connectivity index (χ1n) is 8.54. The van der Waals surface area contributed by atoms with Crippen LogP contribution in [0.25, 0.3) is 21.8 Å². The molecule has 0 saturated heterocycles. The van der Waals surface area contributed by atoms with Crippen molar-refractivity contribution in [2.75, 3.05) is 0 Å². The molecule has 1 aromatic heterocycles. The van der Waals surface area contributed by atoms with Crippen molar-refractivity contribution in [1.82, 2.24) is 4.57 Å². The van der Waals surface area contributed by atoms with Crippen LogP contribution in [0.2, 0.25) is 0 Å². The standard InChI is InChI=1S/C22H16BrNO3/c23-16-7-5-6-15(12-16)14-27-21(25)13-24-19-10-3-1-8-17(19)22(26)18-9-2-4-11-20(18)24/h1-12H,13-14H2. The van der Waals surface area contributed by atoms with Crippen LogP contribution in [0.15, 0.2) is 82.1 Å². The molecule has 27 heavy (non-hydrogen) atoms. The van der Waals surface area contributed by atoms with E-state index in [0.717, 1.165) is 21.1 Å². The largest absolute Gasteiger partial charge is 0.459 e. The predicted octanol–water partition coefficient (Wildman–Crippen LogP) is 4.66. The first-order valence-corrected chi connectivity index (χ1v) is 9.33.